The van der Waals surface area contributed by atoms with Gasteiger partial charge in [0.25, 0.3) is 0 Å². The van der Waals surface area contributed by atoms with Crippen LogP contribution in [0.4, 0.5) is 0 Å². The van der Waals surface area contributed by atoms with Crippen LogP contribution in [0.3, 0.4) is 0 Å². The zero-order chi connectivity index (χ0) is 34.6. The maximum Gasteiger partial charge on any atom is 0.235 e. The van der Waals surface area contributed by atoms with Crippen LogP contribution in [0, 0.1) is 0 Å². The van der Waals surface area contributed by atoms with Crippen molar-refractivity contribution in [1.29, 1.82) is 0 Å². The normalized spacial score (nSPS) is 12.2. The Labute approximate surface area is 302 Å². The van der Waals surface area contributed by atoms with Crippen molar-refractivity contribution in [3.63, 3.8) is 0 Å². The van der Waals surface area contributed by atoms with Crippen LogP contribution in [0.2, 0.25) is 0 Å². The second-order valence-corrected chi connectivity index (χ2v) is 13.8. The van der Waals surface area contributed by atoms with E-state index < -0.39 is 0 Å². The van der Waals surface area contributed by atoms with E-state index in [0.29, 0.717) is 5.95 Å². The summed E-state index contributed by atoms with van der Waals surface area (Å²) in [7, 11) is 0. The lowest BCUT2D eigenvalue weighted by Gasteiger charge is -2.12. The van der Waals surface area contributed by atoms with Gasteiger partial charge in [0.1, 0.15) is 11.2 Å². The molecule has 0 radical (unpaired) electrons. The fourth-order valence-electron chi connectivity index (χ4n) is 8.56. The fourth-order valence-corrected chi connectivity index (χ4v) is 8.56. The highest BCUT2D eigenvalue weighted by Gasteiger charge is 2.24. The minimum Gasteiger partial charge on any atom is -0.456 e. The van der Waals surface area contributed by atoms with Gasteiger partial charge in [0.2, 0.25) is 5.95 Å². The van der Waals surface area contributed by atoms with Gasteiger partial charge in [0, 0.05) is 55.0 Å². The second kappa shape index (κ2) is 10.6. The van der Waals surface area contributed by atoms with E-state index >= 15 is 0 Å². The zero-order valence-corrected chi connectivity index (χ0v) is 28.4. The summed E-state index contributed by atoms with van der Waals surface area (Å²) < 4.78 is 11.2. The van der Waals surface area contributed by atoms with Crippen molar-refractivity contribution in [2.75, 3.05) is 0 Å². The quantitative estimate of drug-likeness (QED) is 0.187. The van der Waals surface area contributed by atoms with Crippen LogP contribution in [-0.4, -0.2) is 19.1 Å². The Morgan fingerprint density at radius 2 is 1.17 bits per heavy atom. The molecule has 0 atom stereocenters. The van der Waals surface area contributed by atoms with Crippen molar-refractivity contribution in [3.05, 3.63) is 170 Å². The van der Waals surface area contributed by atoms with Gasteiger partial charge >= 0.3 is 0 Å². The monoisotopic (exact) mass is 676 g/mol. The lowest BCUT2D eigenvalue weighted by Crippen LogP contribution is -2.03. The van der Waals surface area contributed by atoms with Crippen molar-refractivity contribution >= 4 is 87.2 Å². The number of fused-ring (bicyclic) bond motifs is 12. The van der Waals surface area contributed by atoms with Gasteiger partial charge in [-0.05, 0) is 53.2 Å². The van der Waals surface area contributed by atoms with Crippen LogP contribution in [-0.2, 0) is 0 Å². The smallest absolute Gasteiger partial charge is 0.235 e. The molecule has 0 spiro atoms. The maximum atomic E-state index is 6.51. The largest absolute Gasteiger partial charge is 0.456 e. The number of nitrogens with zero attached hydrogens (tertiary/aromatic N) is 4. The summed E-state index contributed by atoms with van der Waals surface area (Å²) in [6.07, 6.45) is 0. The first kappa shape index (κ1) is 28.5. The minimum absolute atomic E-state index is 0.619. The third kappa shape index (κ3) is 4.02. The average molecular weight is 677 g/mol. The van der Waals surface area contributed by atoms with Gasteiger partial charge in [0.15, 0.2) is 0 Å². The van der Waals surface area contributed by atoms with Crippen LogP contribution < -0.4 is 0 Å². The van der Waals surface area contributed by atoms with Crippen molar-refractivity contribution < 1.29 is 4.42 Å². The van der Waals surface area contributed by atoms with Gasteiger partial charge < -0.3 is 8.98 Å². The molecule has 246 valence electrons. The van der Waals surface area contributed by atoms with E-state index in [4.69, 9.17) is 14.4 Å². The molecule has 0 fully saturated rings. The molecule has 12 rings (SSSR count). The molecule has 0 unspecified atom stereocenters. The summed E-state index contributed by atoms with van der Waals surface area (Å²) in [6.45, 7) is 0. The second-order valence-electron chi connectivity index (χ2n) is 13.8. The molecule has 5 nitrogen and oxygen atoms in total. The SMILES string of the molecule is c1ccc(-c2nc(-n3c4cc5oc6ccccc6c5cc4c4ccc5c(c6ccccc6n5-c5ccc6ccccc6c5)c43)nc3ccccc23)cc1. The molecule has 0 saturated carbocycles. The molecule has 0 aliphatic carbocycles. The molecule has 4 heterocycles. The van der Waals surface area contributed by atoms with Gasteiger partial charge in [-0.1, -0.05) is 121 Å². The predicted octanol–water partition coefficient (Wildman–Crippen LogP) is 12.5. The van der Waals surface area contributed by atoms with Gasteiger partial charge in [0.05, 0.1) is 33.3 Å². The molecule has 4 aromatic heterocycles. The van der Waals surface area contributed by atoms with Gasteiger partial charge in [-0.2, -0.15) is 0 Å². The van der Waals surface area contributed by atoms with E-state index in [1.54, 1.807) is 0 Å². The molecular formula is C48H28N4O. The molecule has 0 aliphatic rings. The summed E-state index contributed by atoms with van der Waals surface area (Å²) in [4.78, 5) is 10.8. The topological polar surface area (TPSA) is 48.8 Å². The molecule has 0 N–H and O–H groups in total. The van der Waals surface area contributed by atoms with Crippen molar-refractivity contribution in [1.82, 2.24) is 19.1 Å². The molecule has 0 aliphatic heterocycles. The molecule has 0 bridgehead atoms. The number of furan rings is 1. The van der Waals surface area contributed by atoms with Crippen molar-refractivity contribution in [3.8, 4) is 22.9 Å². The lowest BCUT2D eigenvalue weighted by molar-refractivity contribution is 0.669. The van der Waals surface area contributed by atoms with Crippen molar-refractivity contribution in [2.24, 2.45) is 0 Å². The zero-order valence-electron chi connectivity index (χ0n) is 28.4. The van der Waals surface area contributed by atoms with Crippen LogP contribution in [0.15, 0.2) is 174 Å². The third-order valence-electron chi connectivity index (χ3n) is 10.9. The Bertz CT molecular complexity index is 3460. The Kier molecular flexibility index (Phi) is 5.71. The van der Waals surface area contributed by atoms with E-state index in [9.17, 15) is 0 Å². The predicted molar refractivity (Wildman–Crippen MR) is 218 cm³/mol. The number of benzene rings is 8. The summed E-state index contributed by atoms with van der Waals surface area (Å²) in [6, 6.07) is 60.0. The standard InChI is InChI=1S/C48H28N4O/c1-2-13-30(14-3-1)46-35-17-6-9-19-39(35)49-48(50-46)52-42-28-44-38(33-16-8-11-21-43(33)53-44)27-37(42)34-24-25-41-45(47(34)52)36-18-7-10-20-40(36)51(41)32-23-22-29-12-4-5-15-31(29)26-32/h1-28H. The van der Waals surface area contributed by atoms with Crippen LogP contribution in [0.25, 0.3) is 110 Å². The number of hydrogen-bond acceptors (Lipinski definition) is 3. The molecular weight excluding hydrogens is 649 g/mol. The summed E-state index contributed by atoms with van der Waals surface area (Å²) in [5.41, 5.74) is 10.00. The third-order valence-corrected chi connectivity index (χ3v) is 10.9. The first-order valence-electron chi connectivity index (χ1n) is 17.9. The highest BCUT2D eigenvalue weighted by Crippen LogP contribution is 2.44. The Morgan fingerprint density at radius 3 is 2.08 bits per heavy atom. The first-order valence-corrected chi connectivity index (χ1v) is 17.9. The highest BCUT2D eigenvalue weighted by atomic mass is 16.3. The lowest BCUT2D eigenvalue weighted by atomic mass is 10.1. The Morgan fingerprint density at radius 1 is 0.415 bits per heavy atom. The molecule has 8 aromatic carbocycles. The summed E-state index contributed by atoms with van der Waals surface area (Å²) >= 11 is 0. The van der Waals surface area contributed by atoms with Gasteiger partial charge in [-0.25, -0.2) is 9.97 Å². The maximum absolute atomic E-state index is 6.51. The Balaban J connectivity index is 1.28. The van der Waals surface area contributed by atoms with E-state index in [0.717, 1.165) is 88.0 Å². The van der Waals surface area contributed by atoms with Crippen LogP contribution in [0.1, 0.15) is 0 Å². The minimum atomic E-state index is 0.619. The van der Waals surface area contributed by atoms with E-state index in [1.807, 2.05) is 24.3 Å². The molecule has 53 heavy (non-hydrogen) atoms. The van der Waals surface area contributed by atoms with E-state index in [1.165, 1.54) is 16.2 Å². The van der Waals surface area contributed by atoms with Gasteiger partial charge in [-0.3, -0.25) is 4.57 Å². The Hall–Kier alpha value is -7.24. The molecule has 12 aromatic rings. The molecule has 0 saturated heterocycles. The molecule has 5 heteroatoms. The van der Waals surface area contributed by atoms with Crippen LogP contribution >= 0.6 is 0 Å². The average Bonchev–Trinajstić information content (AvgIpc) is 3.86. The van der Waals surface area contributed by atoms with E-state index in [2.05, 4.69) is 155 Å². The highest BCUT2D eigenvalue weighted by molar-refractivity contribution is 6.27. The van der Waals surface area contributed by atoms with E-state index in [-0.39, 0.29) is 0 Å². The summed E-state index contributed by atoms with van der Waals surface area (Å²) in [5.74, 6) is 0.619. The molecule has 0 amide bonds. The number of aromatic nitrogens is 4. The van der Waals surface area contributed by atoms with Crippen molar-refractivity contribution in [2.45, 2.75) is 0 Å². The van der Waals surface area contributed by atoms with Crippen LogP contribution in [0.5, 0.6) is 0 Å². The number of rotatable bonds is 3. The fraction of sp³-hybridized carbons (Fsp3) is 0. The van der Waals surface area contributed by atoms with Gasteiger partial charge in [-0.15, -0.1) is 0 Å². The number of hydrogen-bond donors (Lipinski definition) is 0. The summed E-state index contributed by atoms with van der Waals surface area (Å²) in [5, 5.41) is 10.2. The number of para-hydroxylation sites is 3. The first-order chi connectivity index (χ1) is 26.3.